The molecule has 20 atom stereocenters. The summed E-state index contributed by atoms with van der Waals surface area (Å²) in [5, 5.41) is 14.3. The fourth-order valence-corrected chi connectivity index (χ4v) is 12.2. The van der Waals surface area contributed by atoms with Crippen LogP contribution in [0.2, 0.25) is 0 Å². The van der Waals surface area contributed by atoms with Gasteiger partial charge in [0.15, 0.2) is 5.79 Å². The fourth-order valence-electron chi connectivity index (χ4n) is 11.8. The number of aliphatic hydroxyl groups is 1. The number of Topliss-reactive ketones (excluding diaryl/α,β-unsaturated/α-hetero) is 1. The van der Waals surface area contributed by atoms with E-state index in [-0.39, 0.29) is 110 Å². The van der Waals surface area contributed by atoms with Gasteiger partial charge >= 0.3 is 0 Å². The highest BCUT2D eigenvalue weighted by Gasteiger charge is 2.68. The van der Waals surface area contributed by atoms with E-state index < -0.39 is 35.3 Å². The van der Waals surface area contributed by atoms with E-state index in [1.54, 1.807) is 13.4 Å². The number of ketones is 1. The number of nitrogens with one attached hydrogen (secondary N) is 1. The van der Waals surface area contributed by atoms with Gasteiger partial charge in [-0.2, -0.15) is 0 Å². The third-order valence-corrected chi connectivity index (χ3v) is 15.4. The topological polar surface area (TPSA) is 155 Å². The highest BCUT2D eigenvalue weighted by Crippen LogP contribution is 2.54. The number of aliphatic hydroxyl groups excluding tert-OH is 1. The standard InChI is InChI=1S/C43H65NO12S/c1-22-14-27-6-8-31-23(2)15-29(49-31)10-11-43-20-36-39(55-43)40-41(54-36)42(56-43)38-32(53-40)9-7-28(51-38)16-25(45)17-30-34(19-33(50-27)24(22)3)52-35(37(30)48-4)18-26(46)21-44-12-13-57(5)47/h22,26-42,44,46H,2-3,6-21H2,1,4-5H3/t22-,26+,27+,28-,29+,30+,31+,32+,33-,34+,35-,36-,37-,38+,39+,40+,41+,42+,43+,57?/m1/s1. The molecule has 10 aliphatic heterocycles. The van der Waals surface area contributed by atoms with Crippen LogP contribution in [0.4, 0.5) is 0 Å². The van der Waals surface area contributed by atoms with Crippen LogP contribution in [0.25, 0.3) is 0 Å². The Morgan fingerprint density at radius 1 is 0.860 bits per heavy atom. The molecule has 0 radical (unpaired) electrons. The van der Waals surface area contributed by atoms with Gasteiger partial charge in [-0.25, -0.2) is 0 Å². The number of rotatable bonds is 8. The lowest BCUT2D eigenvalue weighted by atomic mass is 9.81. The lowest BCUT2D eigenvalue weighted by Gasteiger charge is -2.47. The zero-order valence-corrected chi connectivity index (χ0v) is 34.8. The minimum atomic E-state index is -0.913. The third-order valence-electron chi connectivity index (χ3n) is 14.7. The molecule has 0 aromatic heterocycles. The molecule has 320 valence electrons. The van der Waals surface area contributed by atoms with E-state index in [0.29, 0.717) is 50.9 Å². The largest absolute Gasteiger partial charge is 0.617 e. The van der Waals surface area contributed by atoms with Gasteiger partial charge in [-0.15, -0.1) is 0 Å². The van der Waals surface area contributed by atoms with Crippen LogP contribution < -0.4 is 5.32 Å². The molecule has 10 fully saturated rings. The number of fused-ring (bicyclic) bond motifs is 6. The molecule has 0 aliphatic carbocycles. The molecule has 14 heteroatoms. The van der Waals surface area contributed by atoms with Gasteiger partial charge < -0.3 is 57.6 Å². The van der Waals surface area contributed by atoms with Crippen LogP contribution in [-0.4, -0.2) is 151 Å². The Morgan fingerprint density at radius 3 is 2.44 bits per heavy atom. The molecule has 10 heterocycles. The van der Waals surface area contributed by atoms with Gasteiger partial charge in [0.25, 0.3) is 0 Å². The molecule has 0 saturated carbocycles. The Bertz CT molecular complexity index is 1480. The van der Waals surface area contributed by atoms with Crippen molar-refractivity contribution < 1.29 is 57.1 Å². The van der Waals surface area contributed by atoms with Crippen molar-refractivity contribution in [3.05, 3.63) is 24.3 Å². The van der Waals surface area contributed by atoms with E-state index in [9.17, 15) is 14.5 Å². The van der Waals surface area contributed by atoms with E-state index >= 15 is 0 Å². The molecule has 10 rings (SSSR count). The van der Waals surface area contributed by atoms with Crippen LogP contribution in [0.1, 0.15) is 90.4 Å². The van der Waals surface area contributed by atoms with Crippen molar-refractivity contribution in [2.24, 2.45) is 11.8 Å². The number of hydrogen-bond donors (Lipinski definition) is 2. The molecule has 10 saturated heterocycles. The Balaban J connectivity index is 0.959. The van der Waals surface area contributed by atoms with Crippen LogP contribution in [-0.2, 0) is 58.6 Å². The molecule has 10 aliphatic rings. The van der Waals surface area contributed by atoms with E-state index in [1.807, 2.05) is 0 Å². The van der Waals surface area contributed by atoms with Gasteiger partial charge in [0.2, 0.25) is 0 Å². The van der Waals surface area contributed by atoms with Crippen molar-refractivity contribution in [3.63, 3.8) is 0 Å². The van der Waals surface area contributed by atoms with E-state index in [2.05, 4.69) is 25.4 Å². The van der Waals surface area contributed by atoms with Gasteiger partial charge in [0.1, 0.15) is 42.1 Å². The SMILES string of the molecule is C=C1C[C@@H]2CC[C@@]34C[C@H]5O[C@@H]6[C@@H](O3)[C@H]3O[C@H](CC[C@@H]3O[C@H]6[C@H]5O4)CC(=O)C[C@@H]3[C@@H](OC)[C@@H](C[C@H](O)CNCC[S+](C)[O-])O[C@H]3C[C@H]3O[C@@H](CC[C@@H]1O2)C[C@@H](C)C3=C. The van der Waals surface area contributed by atoms with Gasteiger partial charge in [-0.3, -0.25) is 4.79 Å². The molecule has 12 bridgehead atoms. The second-order valence-electron chi connectivity index (χ2n) is 18.7. The molecule has 1 unspecified atom stereocenters. The summed E-state index contributed by atoms with van der Waals surface area (Å²) in [4.78, 5) is 14.2. The minimum Gasteiger partial charge on any atom is -0.617 e. The summed E-state index contributed by atoms with van der Waals surface area (Å²) in [7, 11) is 1.67. The lowest BCUT2D eigenvalue weighted by molar-refractivity contribution is -0.292. The normalized spacial score (nSPS) is 49.4. The van der Waals surface area contributed by atoms with E-state index in [1.165, 1.54) is 0 Å². The first-order valence-electron chi connectivity index (χ1n) is 21.8. The second kappa shape index (κ2) is 17.1. The first-order valence-corrected chi connectivity index (χ1v) is 23.6. The molecule has 0 amide bonds. The predicted molar refractivity (Wildman–Crippen MR) is 209 cm³/mol. The zero-order chi connectivity index (χ0) is 39.6. The summed E-state index contributed by atoms with van der Waals surface area (Å²) in [6.07, 6.45) is 6.18. The summed E-state index contributed by atoms with van der Waals surface area (Å²) in [5.41, 5.74) is 2.18. The number of carbonyl (C=O) groups excluding carboxylic acids is 1. The molecule has 1 spiro atoms. The van der Waals surface area contributed by atoms with Crippen LogP contribution in [0.15, 0.2) is 24.3 Å². The molecule has 57 heavy (non-hydrogen) atoms. The van der Waals surface area contributed by atoms with Gasteiger partial charge in [0.05, 0.1) is 73.4 Å². The summed E-state index contributed by atoms with van der Waals surface area (Å²) in [6, 6.07) is 0. The third kappa shape index (κ3) is 8.48. The maximum Gasteiger partial charge on any atom is 0.172 e. The van der Waals surface area contributed by atoms with Crippen molar-refractivity contribution in [2.75, 3.05) is 32.2 Å². The summed E-state index contributed by atoms with van der Waals surface area (Å²) < 4.78 is 72.0. The van der Waals surface area contributed by atoms with Crippen LogP contribution >= 0.6 is 0 Å². The molecule has 0 aromatic rings. The van der Waals surface area contributed by atoms with Crippen molar-refractivity contribution in [1.82, 2.24) is 5.32 Å². The van der Waals surface area contributed by atoms with Crippen molar-refractivity contribution in [2.45, 2.75) is 194 Å². The monoisotopic (exact) mass is 819 g/mol. The number of methoxy groups -OCH3 is 1. The Morgan fingerprint density at radius 2 is 1.61 bits per heavy atom. The summed E-state index contributed by atoms with van der Waals surface area (Å²) >= 11 is -0.913. The molecule has 13 nitrogen and oxygen atoms in total. The highest BCUT2D eigenvalue weighted by molar-refractivity contribution is 7.90. The fraction of sp³-hybridized carbons (Fsp3) is 0.884. The quantitative estimate of drug-likeness (QED) is 0.209. The lowest BCUT2D eigenvalue weighted by Crippen LogP contribution is -2.61. The first kappa shape index (κ1) is 41.4. The maximum atomic E-state index is 14.2. The minimum absolute atomic E-state index is 0.0278. The average molecular weight is 820 g/mol. The van der Waals surface area contributed by atoms with Crippen molar-refractivity contribution in [3.8, 4) is 0 Å². The predicted octanol–water partition coefficient (Wildman–Crippen LogP) is 3.45. The Hall–Kier alpha value is -0.980. The zero-order valence-electron chi connectivity index (χ0n) is 34.0. The highest BCUT2D eigenvalue weighted by atomic mass is 32.2. The van der Waals surface area contributed by atoms with Crippen LogP contribution in [0.5, 0.6) is 0 Å². The number of carbonyl (C=O) groups is 1. The van der Waals surface area contributed by atoms with Crippen molar-refractivity contribution >= 4 is 17.0 Å². The van der Waals surface area contributed by atoms with Crippen molar-refractivity contribution in [1.29, 1.82) is 0 Å². The smallest absolute Gasteiger partial charge is 0.172 e. The molecular weight excluding hydrogens is 755 g/mol. The number of ether oxygens (including phenoxy) is 9. The van der Waals surface area contributed by atoms with Crippen LogP contribution in [0, 0.1) is 11.8 Å². The van der Waals surface area contributed by atoms with Gasteiger partial charge in [0, 0.05) is 64.6 Å². The molecular formula is C43H65NO12S. The van der Waals surface area contributed by atoms with E-state index in [4.69, 9.17) is 42.6 Å². The summed E-state index contributed by atoms with van der Waals surface area (Å²) in [5.74, 6) is -0.164. The van der Waals surface area contributed by atoms with Gasteiger partial charge in [-0.05, 0) is 62.0 Å². The Kier molecular flexibility index (Phi) is 12.4. The molecule has 2 N–H and O–H groups in total. The maximum absolute atomic E-state index is 14.2. The first-order chi connectivity index (χ1) is 27.5. The Labute approximate surface area is 340 Å². The molecule has 0 aromatic carbocycles. The van der Waals surface area contributed by atoms with Gasteiger partial charge in [-0.1, -0.05) is 31.3 Å². The van der Waals surface area contributed by atoms with E-state index in [0.717, 1.165) is 49.7 Å². The number of hydrogen-bond acceptors (Lipinski definition) is 13. The average Bonchev–Trinajstić information content (AvgIpc) is 3.85. The second-order valence-corrected chi connectivity index (χ2v) is 20.2. The van der Waals surface area contributed by atoms with Crippen LogP contribution in [0.3, 0.4) is 0 Å². The summed E-state index contributed by atoms with van der Waals surface area (Å²) in [6.45, 7) is 12.1.